The maximum atomic E-state index is 13.8. The van der Waals surface area contributed by atoms with Gasteiger partial charge in [-0.1, -0.05) is 46.3 Å². The third kappa shape index (κ3) is 5.20. The lowest BCUT2D eigenvalue weighted by Crippen LogP contribution is -2.54. The Morgan fingerprint density at radius 1 is 1.21 bits per heavy atom. The van der Waals surface area contributed by atoms with Gasteiger partial charge < -0.3 is 15.0 Å². The molecule has 29 heavy (non-hydrogen) atoms. The van der Waals surface area contributed by atoms with Gasteiger partial charge in [-0.25, -0.2) is 9.18 Å². The predicted octanol–water partition coefficient (Wildman–Crippen LogP) is 3.46. The van der Waals surface area contributed by atoms with Crippen molar-refractivity contribution in [3.05, 3.63) is 69.4 Å². The molecule has 0 spiro atoms. The molecule has 0 aromatic heterocycles. The highest BCUT2D eigenvalue weighted by molar-refractivity contribution is 9.10. The number of hydrogen-bond donors (Lipinski definition) is 1. The number of likely N-dealkylation sites (tertiary alicyclic amines) is 1. The van der Waals surface area contributed by atoms with Gasteiger partial charge in [-0.05, 0) is 30.2 Å². The van der Waals surface area contributed by atoms with Crippen LogP contribution in [0.1, 0.15) is 21.5 Å². The number of nitrogens with zero attached hydrogens (tertiary/aromatic N) is 1. The Hall–Kier alpha value is -2.74. The van der Waals surface area contributed by atoms with Crippen molar-refractivity contribution in [2.45, 2.75) is 13.5 Å². The van der Waals surface area contributed by atoms with Gasteiger partial charge >= 0.3 is 6.09 Å². The minimum Gasteiger partial charge on any atom is -0.445 e. The number of benzene rings is 2. The van der Waals surface area contributed by atoms with E-state index in [2.05, 4.69) is 21.2 Å². The molecule has 3 rings (SSSR count). The summed E-state index contributed by atoms with van der Waals surface area (Å²) in [5.41, 5.74) is 1.43. The van der Waals surface area contributed by atoms with Crippen molar-refractivity contribution in [3.8, 4) is 0 Å². The molecule has 1 N–H and O–H groups in total. The van der Waals surface area contributed by atoms with Gasteiger partial charge in [-0.15, -0.1) is 0 Å². The zero-order chi connectivity index (χ0) is 21.0. The number of rotatable bonds is 6. The third-order valence-electron chi connectivity index (χ3n) is 4.77. The number of nitrogens with one attached hydrogen (secondary N) is 1. The average molecular weight is 463 g/mol. The molecule has 2 aromatic rings. The SMILES string of the molecule is Cc1c(F)cc(C(=O)NCC(=O)C2CN(C(=O)OCc3ccccc3)C2)cc1Br. The van der Waals surface area contributed by atoms with Gasteiger partial charge in [0.15, 0.2) is 5.78 Å². The van der Waals surface area contributed by atoms with Gasteiger partial charge in [-0.3, -0.25) is 9.59 Å². The molecule has 1 aliphatic heterocycles. The third-order valence-corrected chi connectivity index (χ3v) is 5.59. The Morgan fingerprint density at radius 2 is 1.90 bits per heavy atom. The first-order chi connectivity index (χ1) is 13.8. The van der Waals surface area contributed by atoms with Crippen LogP contribution in [0, 0.1) is 18.7 Å². The van der Waals surface area contributed by atoms with E-state index < -0.39 is 17.8 Å². The molecular formula is C21H20BrFN2O4. The van der Waals surface area contributed by atoms with E-state index in [1.54, 1.807) is 6.92 Å². The highest BCUT2D eigenvalue weighted by Gasteiger charge is 2.36. The van der Waals surface area contributed by atoms with E-state index in [1.165, 1.54) is 11.0 Å². The average Bonchev–Trinajstić information content (AvgIpc) is 2.67. The number of carbonyl (C=O) groups is 3. The van der Waals surface area contributed by atoms with Gasteiger partial charge in [0.1, 0.15) is 12.4 Å². The number of halogens is 2. The summed E-state index contributed by atoms with van der Waals surface area (Å²) >= 11 is 3.20. The summed E-state index contributed by atoms with van der Waals surface area (Å²) in [6.07, 6.45) is -0.470. The predicted molar refractivity (Wildman–Crippen MR) is 108 cm³/mol. The van der Waals surface area contributed by atoms with Crippen LogP contribution in [0.4, 0.5) is 9.18 Å². The molecule has 1 saturated heterocycles. The molecule has 1 heterocycles. The Bertz CT molecular complexity index is 907. The fourth-order valence-corrected chi connectivity index (χ4v) is 3.27. The van der Waals surface area contributed by atoms with Crippen LogP contribution < -0.4 is 5.32 Å². The van der Waals surface area contributed by atoms with Gasteiger partial charge in [0.2, 0.25) is 0 Å². The van der Waals surface area contributed by atoms with E-state index in [1.807, 2.05) is 30.3 Å². The van der Waals surface area contributed by atoms with E-state index in [4.69, 9.17) is 4.74 Å². The fourth-order valence-electron chi connectivity index (χ4n) is 2.83. The first-order valence-corrected chi connectivity index (χ1v) is 9.86. The molecule has 2 amide bonds. The van der Waals surface area contributed by atoms with E-state index >= 15 is 0 Å². The van der Waals surface area contributed by atoms with E-state index in [0.717, 1.165) is 11.6 Å². The van der Waals surface area contributed by atoms with Crippen LogP contribution >= 0.6 is 15.9 Å². The van der Waals surface area contributed by atoms with Crippen LogP contribution in [0.5, 0.6) is 0 Å². The standard InChI is InChI=1S/C21H20BrFN2O4/c1-13-17(22)7-15(8-18(13)23)20(27)24-9-19(26)16-10-25(11-16)21(28)29-12-14-5-3-2-4-6-14/h2-8,16H,9-12H2,1H3,(H,24,27). The number of hydrogen-bond acceptors (Lipinski definition) is 4. The Balaban J connectivity index is 1.41. The zero-order valence-corrected chi connectivity index (χ0v) is 17.4. The quantitative estimate of drug-likeness (QED) is 0.712. The molecule has 2 aromatic carbocycles. The lowest BCUT2D eigenvalue weighted by Gasteiger charge is -2.37. The van der Waals surface area contributed by atoms with Gasteiger partial charge in [0, 0.05) is 23.1 Å². The second kappa shape index (κ2) is 9.17. The molecule has 1 fully saturated rings. The van der Waals surface area contributed by atoms with Crippen LogP contribution in [0.25, 0.3) is 0 Å². The first kappa shape index (κ1) is 21.0. The molecule has 0 saturated carbocycles. The Kier molecular flexibility index (Phi) is 6.64. The monoisotopic (exact) mass is 462 g/mol. The lowest BCUT2D eigenvalue weighted by atomic mass is 9.95. The topological polar surface area (TPSA) is 75.7 Å². The summed E-state index contributed by atoms with van der Waals surface area (Å²) in [7, 11) is 0. The number of ketones is 1. The van der Waals surface area contributed by atoms with Gasteiger partial charge in [0.05, 0.1) is 12.5 Å². The van der Waals surface area contributed by atoms with Crippen molar-refractivity contribution >= 4 is 33.7 Å². The van der Waals surface area contributed by atoms with E-state index in [-0.39, 0.29) is 43.5 Å². The fraction of sp³-hybridized carbons (Fsp3) is 0.286. The summed E-state index contributed by atoms with van der Waals surface area (Å²) in [6, 6.07) is 12.0. The smallest absolute Gasteiger partial charge is 0.410 e. The Labute approximate surface area is 176 Å². The maximum absolute atomic E-state index is 13.8. The molecular weight excluding hydrogens is 443 g/mol. The number of amides is 2. The molecule has 0 bridgehead atoms. The van der Waals surface area contributed by atoms with Crippen LogP contribution in [0.2, 0.25) is 0 Å². The Morgan fingerprint density at radius 3 is 2.55 bits per heavy atom. The van der Waals surface area contributed by atoms with Crippen LogP contribution in [0.15, 0.2) is 46.9 Å². The van der Waals surface area contributed by atoms with Gasteiger partial charge in [0.25, 0.3) is 5.91 Å². The summed E-state index contributed by atoms with van der Waals surface area (Å²) < 4.78 is 19.5. The highest BCUT2D eigenvalue weighted by Crippen LogP contribution is 2.21. The molecule has 1 aliphatic rings. The summed E-state index contributed by atoms with van der Waals surface area (Å²) in [5, 5.41) is 2.50. The lowest BCUT2D eigenvalue weighted by molar-refractivity contribution is -0.126. The molecule has 0 aliphatic carbocycles. The molecule has 6 nitrogen and oxygen atoms in total. The second-order valence-corrected chi connectivity index (χ2v) is 7.71. The molecule has 0 atom stereocenters. The molecule has 8 heteroatoms. The minimum absolute atomic E-state index is 0.132. The van der Waals surface area contributed by atoms with Crippen molar-refractivity contribution in [1.82, 2.24) is 10.2 Å². The van der Waals surface area contributed by atoms with Crippen molar-refractivity contribution in [1.29, 1.82) is 0 Å². The van der Waals surface area contributed by atoms with Crippen molar-refractivity contribution in [3.63, 3.8) is 0 Å². The van der Waals surface area contributed by atoms with Crippen LogP contribution in [0.3, 0.4) is 0 Å². The van der Waals surface area contributed by atoms with Gasteiger partial charge in [-0.2, -0.15) is 0 Å². The normalized spacial score (nSPS) is 13.6. The van der Waals surface area contributed by atoms with Crippen molar-refractivity contribution < 1.29 is 23.5 Å². The summed E-state index contributed by atoms with van der Waals surface area (Å²) in [5.74, 6) is -1.56. The van der Waals surface area contributed by atoms with E-state index in [0.29, 0.717) is 10.0 Å². The highest BCUT2D eigenvalue weighted by atomic mass is 79.9. The number of carbonyl (C=O) groups excluding carboxylic acids is 3. The van der Waals surface area contributed by atoms with Crippen LogP contribution in [-0.2, 0) is 16.1 Å². The first-order valence-electron chi connectivity index (χ1n) is 9.07. The van der Waals surface area contributed by atoms with Crippen molar-refractivity contribution in [2.75, 3.05) is 19.6 Å². The van der Waals surface area contributed by atoms with Crippen LogP contribution in [-0.4, -0.2) is 42.3 Å². The van der Waals surface area contributed by atoms with Crippen molar-refractivity contribution in [2.24, 2.45) is 5.92 Å². The zero-order valence-electron chi connectivity index (χ0n) is 15.8. The summed E-state index contributed by atoms with van der Waals surface area (Å²) in [6.45, 7) is 2.11. The molecule has 152 valence electrons. The molecule has 0 unspecified atom stereocenters. The summed E-state index contributed by atoms with van der Waals surface area (Å²) in [4.78, 5) is 37.8. The maximum Gasteiger partial charge on any atom is 0.410 e. The second-order valence-electron chi connectivity index (χ2n) is 6.86. The minimum atomic E-state index is -0.531. The van der Waals surface area contributed by atoms with E-state index in [9.17, 15) is 18.8 Å². The number of ether oxygens (including phenoxy) is 1. The largest absolute Gasteiger partial charge is 0.445 e. The molecule has 0 radical (unpaired) electrons. The number of Topliss-reactive ketones (excluding diaryl/α,β-unsaturated/α-hetero) is 1.